The minimum atomic E-state index is 0.0446. The van der Waals surface area contributed by atoms with Crippen LogP contribution < -0.4 is 14.8 Å². The van der Waals surface area contributed by atoms with Gasteiger partial charge in [-0.05, 0) is 67.9 Å². The Morgan fingerprint density at radius 3 is 2.94 bits per heavy atom. The molecule has 1 aromatic carbocycles. The van der Waals surface area contributed by atoms with Crippen molar-refractivity contribution in [1.29, 1.82) is 0 Å². The Hall–Kier alpha value is -1.77. The number of pyridine rings is 1. The van der Waals surface area contributed by atoms with Gasteiger partial charge >= 0.3 is 0 Å². The van der Waals surface area contributed by atoms with Gasteiger partial charge in [-0.3, -0.25) is 9.69 Å². The zero-order valence-corrected chi connectivity index (χ0v) is 20.1. The van der Waals surface area contributed by atoms with Gasteiger partial charge in [0.15, 0.2) is 11.5 Å². The number of likely N-dealkylation sites (tertiary alicyclic amines) is 1. The first-order valence-corrected chi connectivity index (χ1v) is 12.7. The van der Waals surface area contributed by atoms with Gasteiger partial charge in [0.25, 0.3) is 0 Å². The predicted molar refractivity (Wildman–Crippen MR) is 126 cm³/mol. The summed E-state index contributed by atoms with van der Waals surface area (Å²) in [5, 5.41) is 4.05. The fourth-order valence-electron chi connectivity index (χ4n) is 4.08. The number of halogens is 1. The Balaban J connectivity index is 1.18. The highest BCUT2D eigenvalue weighted by atomic mass is 79.9. The molecule has 1 amide bonds. The molecule has 6 nitrogen and oxygen atoms in total. The standard InChI is InChI=1S/C23H28BrN3O3S/c1-31-23-17(3-2-8-25-23)11-22(28)26-13-16-6-9-27(10-7-16)14-19-15-29-20-5-4-18(24)12-21(20)30-19/h2-5,8,12,16,19H,6-7,9-11,13-15H2,1H3,(H,26,28). The van der Waals surface area contributed by atoms with Crippen LogP contribution in [-0.2, 0) is 11.2 Å². The second-order valence-corrected chi connectivity index (χ2v) is 9.75. The van der Waals surface area contributed by atoms with E-state index < -0.39 is 0 Å². The minimum absolute atomic E-state index is 0.0446. The lowest BCUT2D eigenvalue weighted by Crippen LogP contribution is -2.45. The second kappa shape index (κ2) is 10.7. The van der Waals surface area contributed by atoms with Crippen molar-refractivity contribution < 1.29 is 14.3 Å². The summed E-state index contributed by atoms with van der Waals surface area (Å²) < 4.78 is 13.0. The second-order valence-electron chi connectivity index (χ2n) is 8.04. The zero-order chi connectivity index (χ0) is 21.6. The molecular weight excluding hydrogens is 478 g/mol. The summed E-state index contributed by atoms with van der Waals surface area (Å²) in [5.41, 5.74) is 0.991. The van der Waals surface area contributed by atoms with Crippen LogP contribution in [-0.4, -0.2) is 60.9 Å². The number of fused-ring (bicyclic) bond motifs is 1. The molecule has 0 saturated carbocycles. The molecule has 31 heavy (non-hydrogen) atoms. The highest BCUT2D eigenvalue weighted by molar-refractivity contribution is 9.10. The van der Waals surface area contributed by atoms with Crippen LogP contribution in [0, 0.1) is 5.92 Å². The third-order valence-electron chi connectivity index (χ3n) is 5.78. The molecule has 4 rings (SSSR count). The summed E-state index contributed by atoms with van der Waals surface area (Å²) in [5.74, 6) is 2.21. The fourth-order valence-corrected chi connectivity index (χ4v) is 4.99. The van der Waals surface area contributed by atoms with Crippen LogP contribution in [0.4, 0.5) is 0 Å². The number of aromatic nitrogens is 1. The number of benzene rings is 1. The minimum Gasteiger partial charge on any atom is -0.486 e. The van der Waals surface area contributed by atoms with Crippen molar-refractivity contribution in [2.24, 2.45) is 5.92 Å². The number of amides is 1. The number of nitrogens with zero attached hydrogens (tertiary/aromatic N) is 2. The number of ether oxygens (including phenoxy) is 2. The molecule has 2 aliphatic rings. The summed E-state index contributed by atoms with van der Waals surface area (Å²) in [6.45, 7) is 4.22. The number of carbonyl (C=O) groups excluding carboxylic acids is 1. The molecule has 1 N–H and O–H groups in total. The maximum Gasteiger partial charge on any atom is 0.224 e. The molecule has 1 unspecified atom stereocenters. The van der Waals surface area contributed by atoms with E-state index in [-0.39, 0.29) is 12.0 Å². The molecular formula is C23H28BrN3O3S. The molecule has 8 heteroatoms. The number of rotatable bonds is 7. The molecule has 1 fully saturated rings. The maximum absolute atomic E-state index is 12.4. The van der Waals surface area contributed by atoms with Crippen LogP contribution in [0.25, 0.3) is 0 Å². The third-order valence-corrected chi connectivity index (χ3v) is 7.02. The molecule has 1 atom stereocenters. The first-order chi connectivity index (χ1) is 15.1. The molecule has 1 saturated heterocycles. The van der Waals surface area contributed by atoms with Crippen molar-refractivity contribution in [3.8, 4) is 11.5 Å². The molecule has 2 aliphatic heterocycles. The molecule has 0 spiro atoms. The van der Waals surface area contributed by atoms with Crippen molar-refractivity contribution in [3.05, 3.63) is 46.6 Å². The topological polar surface area (TPSA) is 63.7 Å². The van der Waals surface area contributed by atoms with Gasteiger partial charge in [0.05, 0.1) is 11.4 Å². The first-order valence-electron chi connectivity index (χ1n) is 10.7. The van der Waals surface area contributed by atoms with Gasteiger partial charge in [0.1, 0.15) is 12.7 Å². The van der Waals surface area contributed by atoms with Crippen molar-refractivity contribution in [3.63, 3.8) is 0 Å². The van der Waals surface area contributed by atoms with Crippen LogP contribution in [0.5, 0.6) is 11.5 Å². The molecule has 3 heterocycles. The van der Waals surface area contributed by atoms with Gasteiger partial charge in [-0.15, -0.1) is 11.8 Å². The lowest BCUT2D eigenvalue weighted by atomic mass is 9.96. The number of carbonyl (C=O) groups is 1. The van der Waals surface area contributed by atoms with E-state index in [1.54, 1.807) is 18.0 Å². The summed E-state index contributed by atoms with van der Waals surface area (Å²) in [6, 6.07) is 9.72. The van der Waals surface area contributed by atoms with E-state index in [2.05, 4.69) is 31.1 Å². The number of nitrogens with one attached hydrogen (secondary N) is 1. The normalized spacial score (nSPS) is 19.2. The van der Waals surface area contributed by atoms with Gasteiger partial charge in [0, 0.05) is 23.8 Å². The third kappa shape index (κ3) is 6.14. The van der Waals surface area contributed by atoms with Crippen LogP contribution in [0.15, 0.2) is 46.0 Å². The highest BCUT2D eigenvalue weighted by Gasteiger charge is 2.26. The largest absolute Gasteiger partial charge is 0.486 e. The van der Waals surface area contributed by atoms with E-state index in [9.17, 15) is 4.79 Å². The van der Waals surface area contributed by atoms with Crippen molar-refractivity contribution in [2.75, 3.05) is 39.0 Å². The molecule has 0 radical (unpaired) electrons. The van der Waals surface area contributed by atoms with E-state index in [1.807, 2.05) is 36.6 Å². The summed E-state index contributed by atoms with van der Waals surface area (Å²) in [6.07, 6.45) is 6.35. The van der Waals surface area contributed by atoms with Crippen molar-refractivity contribution >= 4 is 33.6 Å². The van der Waals surface area contributed by atoms with Gasteiger partial charge in [-0.2, -0.15) is 0 Å². The maximum atomic E-state index is 12.4. The van der Waals surface area contributed by atoms with Crippen LogP contribution >= 0.6 is 27.7 Å². The van der Waals surface area contributed by atoms with Gasteiger partial charge in [-0.1, -0.05) is 22.0 Å². The Labute approximate surface area is 196 Å². The van der Waals surface area contributed by atoms with E-state index in [4.69, 9.17) is 9.47 Å². The number of hydrogen-bond donors (Lipinski definition) is 1. The predicted octanol–water partition coefficient (Wildman–Crippen LogP) is 3.78. The Kier molecular flexibility index (Phi) is 7.74. The lowest BCUT2D eigenvalue weighted by molar-refractivity contribution is -0.120. The smallest absolute Gasteiger partial charge is 0.224 e. The molecule has 0 bridgehead atoms. The van der Waals surface area contributed by atoms with Crippen LogP contribution in [0.2, 0.25) is 0 Å². The Bertz CT molecular complexity index is 905. The van der Waals surface area contributed by atoms with Crippen LogP contribution in [0.3, 0.4) is 0 Å². The highest BCUT2D eigenvalue weighted by Crippen LogP contribution is 2.34. The molecule has 1 aromatic heterocycles. The van der Waals surface area contributed by atoms with Gasteiger partial charge in [-0.25, -0.2) is 4.98 Å². The molecule has 0 aliphatic carbocycles. The van der Waals surface area contributed by atoms with E-state index in [0.717, 1.165) is 65.6 Å². The first kappa shape index (κ1) is 22.4. The average Bonchev–Trinajstić information content (AvgIpc) is 2.79. The van der Waals surface area contributed by atoms with Crippen molar-refractivity contribution in [2.45, 2.75) is 30.4 Å². The van der Waals surface area contributed by atoms with E-state index in [0.29, 0.717) is 18.9 Å². The fraction of sp³-hybridized carbons (Fsp3) is 0.478. The average molecular weight is 506 g/mol. The quantitative estimate of drug-likeness (QED) is 0.577. The van der Waals surface area contributed by atoms with Crippen molar-refractivity contribution in [1.82, 2.24) is 15.2 Å². The molecule has 166 valence electrons. The molecule has 2 aromatic rings. The monoisotopic (exact) mass is 505 g/mol. The van der Waals surface area contributed by atoms with Gasteiger partial charge < -0.3 is 14.8 Å². The zero-order valence-electron chi connectivity index (χ0n) is 17.7. The van der Waals surface area contributed by atoms with Crippen LogP contribution in [0.1, 0.15) is 18.4 Å². The van der Waals surface area contributed by atoms with Gasteiger partial charge in [0.2, 0.25) is 5.91 Å². The Morgan fingerprint density at radius 2 is 2.13 bits per heavy atom. The SMILES string of the molecule is CSc1ncccc1CC(=O)NCC1CCN(CC2COc3ccc(Br)cc3O2)CC1. The number of thioether (sulfide) groups is 1. The lowest BCUT2D eigenvalue weighted by Gasteiger charge is -2.35. The summed E-state index contributed by atoms with van der Waals surface area (Å²) in [7, 11) is 0. The summed E-state index contributed by atoms with van der Waals surface area (Å²) in [4.78, 5) is 19.2. The van der Waals surface area contributed by atoms with E-state index >= 15 is 0 Å². The van der Waals surface area contributed by atoms with E-state index in [1.165, 1.54) is 0 Å². The summed E-state index contributed by atoms with van der Waals surface area (Å²) >= 11 is 5.06. The number of piperidine rings is 1. The number of hydrogen-bond acceptors (Lipinski definition) is 6. The Morgan fingerprint density at radius 1 is 1.29 bits per heavy atom.